The SMILES string of the molecule is O=C(C1CSCCN1)N1CCN(c2ccccc2Cl)CC1. The quantitative estimate of drug-likeness (QED) is 0.897. The van der Waals surface area contributed by atoms with Crippen LogP contribution in [0.3, 0.4) is 0 Å². The second kappa shape index (κ2) is 6.90. The molecular formula is C15H20ClN3OS. The Balaban J connectivity index is 1.57. The lowest BCUT2D eigenvalue weighted by Gasteiger charge is -2.38. The second-order valence-corrected chi connectivity index (χ2v) is 6.90. The Morgan fingerprint density at radius 1 is 1.24 bits per heavy atom. The van der Waals surface area contributed by atoms with Crippen molar-refractivity contribution >= 4 is 35.0 Å². The summed E-state index contributed by atoms with van der Waals surface area (Å²) < 4.78 is 0. The van der Waals surface area contributed by atoms with Gasteiger partial charge in [-0.05, 0) is 12.1 Å². The molecule has 3 rings (SSSR count). The molecule has 21 heavy (non-hydrogen) atoms. The lowest BCUT2D eigenvalue weighted by atomic mass is 10.2. The van der Waals surface area contributed by atoms with Crippen molar-refractivity contribution in [3.8, 4) is 0 Å². The van der Waals surface area contributed by atoms with Gasteiger partial charge in [0.2, 0.25) is 5.91 Å². The van der Waals surface area contributed by atoms with Crippen molar-refractivity contribution in [2.24, 2.45) is 0 Å². The van der Waals surface area contributed by atoms with Crippen LogP contribution in [0.1, 0.15) is 0 Å². The molecule has 1 atom stereocenters. The standard InChI is InChI=1S/C15H20ClN3OS/c16-12-3-1-2-4-14(12)18-6-8-19(9-7-18)15(20)13-11-21-10-5-17-13/h1-4,13,17H,5-11H2. The van der Waals surface area contributed by atoms with Gasteiger partial charge in [0.15, 0.2) is 0 Å². The molecule has 1 amide bonds. The number of carbonyl (C=O) groups is 1. The molecule has 2 aliphatic heterocycles. The van der Waals surface area contributed by atoms with Gasteiger partial charge in [-0.2, -0.15) is 11.8 Å². The fraction of sp³-hybridized carbons (Fsp3) is 0.533. The monoisotopic (exact) mass is 325 g/mol. The summed E-state index contributed by atoms with van der Waals surface area (Å²) in [6.07, 6.45) is 0. The molecule has 0 radical (unpaired) electrons. The molecule has 114 valence electrons. The average molecular weight is 326 g/mol. The predicted octanol–water partition coefficient (Wildman–Crippen LogP) is 1.69. The molecule has 1 unspecified atom stereocenters. The number of halogens is 1. The lowest BCUT2D eigenvalue weighted by Crippen LogP contribution is -2.56. The zero-order valence-corrected chi connectivity index (χ0v) is 13.5. The molecule has 0 aliphatic carbocycles. The molecule has 0 spiro atoms. The summed E-state index contributed by atoms with van der Waals surface area (Å²) in [5.74, 6) is 2.24. The van der Waals surface area contributed by atoms with Gasteiger partial charge >= 0.3 is 0 Å². The maximum absolute atomic E-state index is 12.5. The molecule has 0 aromatic heterocycles. The summed E-state index contributed by atoms with van der Waals surface area (Å²) in [5.41, 5.74) is 1.07. The van der Waals surface area contributed by atoms with E-state index in [0.29, 0.717) is 0 Å². The van der Waals surface area contributed by atoms with E-state index in [1.54, 1.807) is 0 Å². The second-order valence-electron chi connectivity index (χ2n) is 5.35. The molecule has 1 aromatic carbocycles. The Hall–Kier alpha value is -0.910. The zero-order valence-electron chi connectivity index (χ0n) is 11.9. The zero-order chi connectivity index (χ0) is 14.7. The summed E-state index contributed by atoms with van der Waals surface area (Å²) in [6, 6.07) is 7.90. The van der Waals surface area contributed by atoms with Crippen molar-refractivity contribution < 1.29 is 4.79 Å². The number of hydrogen-bond acceptors (Lipinski definition) is 4. The highest BCUT2D eigenvalue weighted by atomic mass is 35.5. The Labute approximate surface area is 134 Å². The molecule has 0 saturated carbocycles. The van der Waals surface area contributed by atoms with Crippen molar-refractivity contribution in [3.63, 3.8) is 0 Å². The number of nitrogens with one attached hydrogen (secondary N) is 1. The largest absolute Gasteiger partial charge is 0.367 e. The minimum absolute atomic E-state index is 0.00406. The number of benzene rings is 1. The molecule has 2 heterocycles. The van der Waals surface area contributed by atoms with Crippen LogP contribution in [0.2, 0.25) is 5.02 Å². The van der Waals surface area contributed by atoms with Crippen LogP contribution in [0, 0.1) is 0 Å². The number of anilines is 1. The molecule has 2 aliphatic rings. The maximum atomic E-state index is 12.5. The summed E-state index contributed by atoms with van der Waals surface area (Å²) in [6.45, 7) is 4.16. The maximum Gasteiger partial charge on any atom is 0.240 e. The summed E-state index contributed by atoms with van der Waals surface area (Å²) in [7, 11) is 0. The topological polar surface area (TPSA) is 35.6 Å². The van der Waals surface area contributed by atoms with Gasteiger partial charge < -0.3 is 15.1 Å². The highest BCUT2D eigenvalue weighted by Gasteiger charge is 2.28. The first-order chi connectivity index (χ1) is 10.3. The van der Waals surface area contributed by atoms with E-state index in [9.17, 15) is 4.79 Å². The van der Waals surface area contributed by atoms with Gasteiger partial charge in [-0.15, -0.1) is 0 Å². The first-order valence-corrected chi connectivity index (χ1v) is 8.88. The fourth-order valence-corrected chi connectivity index (χ4v) is 4.00. The average Bonchev–Trinajstić information content (AvgIpc) is 2.56. The number of piperazine rings is 1. The third-order valence-corrected chi connectivity index (χ3v) is 5.39. The smallest absolute Gasteiger partial charge is 0.240 e. The van der Waals surface area contributed by atoms with E-state index in [-0.39, 0.29) is 11.9 Å². The van der Waals surface area contributed by atoms with E-state index < -0.39 is 0 Å². The summed E-state index contributed by atoms with van der Waals surface area (Å²) in [4.78, 5) is 16.7. The number of rotatable bonds is 2. The van der Waals surface area contributed by atoms with Crippen LogP contribution in [-0.4, -0.2) is 61.1 Å². The van der Waals surface area contributed by atoms with Crippen molar-refractivity contribution in [3.05, 3.63) is 29.3 Å². The van der Waals surface area contributed by atoms with Crippen LogP contribution < -0.4 is 10.2 Å². The highest BCUT2D eigenvalue weighted by Crippen LogP contribution is 2.26. The number of hydrogen-bond donors (Lipinski definition) is 1. The van der Waals surface area contributed by atoms with Crippen molar-refractivity contribution in [2.75, 3.05) is 49.1 Å². The fourth-order valence-electron chi connectivity index (χ4n) is 2.82. The molecule has 4 nitrogen and oxygen atoms in total. The molecule has 0 bridgehead atoms. The van der Waals surface area contributed by atoms with E-state index in [4.69, 9.17) is 11.6 Å². The van der Waals surface area contributed by atoms with Gasteiger partial charge in [-0.1, -0.05) is 23.7 Å². The molecule has 2 fully saturated rings. The number of carbonyl (C=O) groups excluding carboxylic acids is 1. The van der Waals surface area contributed by atoms with E-state index in [1.165, 1.54) is 0 Å². The molecule has 6 heteroatoms. The third-order valence-electron chi connectivity index (χ3n) is 4.00. The predicted molar refractivity (Wildman–Crippen MR) is 89.4 cm³/mol. The molecular weight excluding hydrogens is 306 g/mol. The van der Waals surface area contributed by atoms with E-state index in [1.807, 2.05) is 40.9 Å². The van der Waals surface area contributed by atoms with Crippen molar-refractivity contribution in [2.45, 2.75) is 6.04 Å². The van der Waals surface area contributed by atoms with E-state index in [2.05, 4.69) is 10.2 Å². The van der Waals surface area contributed by atoms with Gasteiger partial charge in [0, 0.05) is 44.2 Å². The van der Waals surface area contributed by atoms with Crippen LogP contribution in [0.5, 0.6) is 0 Å². The summed E-state index contributed by atoms with van der Waals surface area (Å²) >= 11 is 8.10. The number of amides is 1. The Bertz CT molecular complexity index is 499. The van der Waals surface area contributed by atoms with E-state index in [0.717, 1.165) is 54.9 Å². The molecule has 2 saturated heterocycles. The molecule has 1 N–H and O–H groups in total. The van der Waals surface area contributed by atoms with Crippen molar-refractivity contribution in [1.82, 2.24) is 10.2 Å². The van der Waals surface area contributed by atoms with Gasteiger partial charge in [-0.3, -0.25) is 4.79 Å². The summed E-state index contributed by atoms with van der Waals surface area (Å²) in [5, 5.41) is 4.10. The van der Waals surface area contributed by atoms with E-state index >= 15 is 0 Å². The molecule has 1 aromatic rings. The first-order valence-electron chi connectivity index (χ1n) is 7.35. The van der Waals surface area contributed by atoms with Crippen LogP contribution in [0.15, 0.2) is 24.3 Å². The minimum atomic E-state index is -0.00406. The third kappa shape index (κ3) is 3.47. The van der Waals surface area contributed by atoms with Gasteiger partial charge in [0.05, 0.1) is 16.8 Å². The van der Waals surface area contributed by atoms with Gasteiger partial charge in [-0.25, -0.2) is 0 Å². The lowest BCUT2D eigenvalue weighted by molar-refractivity contribution is -0.133. The number of thioether (sulfide) groups is 1. The van der Waals surface area contributed by atoms with Crippen LogP contribution >= 0.6 is 23.4 Å². The first kappa shape index (κ1) is 15.0. The van der Waals surface area contributed by atoms with Crippen LogP contribution in [0.25, 0.3) is 0 Å². The number of para-hydroxylation sites is 1. The highest BCUT2D eigenvalue weighted by molar-refractivity contribution is 7.99. The van der Waals surface area contributed by atoms with Gasteiger partial charge in [0.25, 0.3) is 0 Å². The Morgan fingerprint density at radius 2 is 2.00 bits per heavy atom. The van der Waals surface area contributed by atoms with Crippen molar-refractivity contribution in [1.29, 1.82) is 0 Å². The normalized spacial score (nSPS) is 23.2. The van der Waals surface area contributed by atoms with Gasteiger partial charge in [0.1, 0.15) is 0 Å². The Morgan fingerprint density at radius 3 is 2.67 bits per heavy atom. The minimum Gasteiger partial charge on any atom is -0.367 e. The number of nitrogens with zero attached hydrogens (tertiary/aromatic N) is 2. The van der Waals surface area contributed by atoms with Crippen LogP contribution in [-0.2, 0) is 4.79 Å². The Kier molecular flexibility index (Phi) is 4.93. The van der Waals surface area contributed by atoms with Crippen LogP contribution in [0.4, 0.5) is 5.69 Å².